The van der Waals surface area contributed by atoms with Crippen LogP contribution in [0.3, 0.4) is 0 Å². The van der Waals surface area contributed by atoms with Crippen molar-refractivity contribution in [3.05, 3.63) is 18.7 Å². The molecule has 10 heavy (non-hydrogen) atoms. The van der Waals surface area contributed by atoms with Crippen molar-refractivity contribution < 1.29 is 0 Å². The van der Waals surface area contributed by atoms with E-state index in [4.69, 9.17) is 0 Å². The van der Waals surface area contributed by atoms with Crippen LogP contribution in [0, 0.1) is 0 Å². The molecule has 3 nitrogen and oxygen atoms in total. The molecule has 0 atom stereocenters. The maximum Gasteiger partial charge on any atom is 0.159 e. The molecular formula is C7H9N3. The fourth-order valence-electron chi connectivity index (χ4n) is 1.27. The molecule has 0 amide bonds. The van der Waals surface area contributed by atoms with Gasteiger partial charge in [0.05, 0.1) is 0 Å². The van der Waals surface area contributed by atoms with Crippen molar-refractivity contribution in [3.8, 4) is 0 Å². The van der Waals surface area contributed by atoms with E-state index in [0.717, 1.165) is 24.4 Å². The molecule has 1 aliphatic heterocycles. The Morgan fingerprint density at radius 1 is 1.60 bits per heavy atom. The molecule has 0 saturated heterocycles. The summed E-state index contributed by atoms with van der Waals surface area (Å²) in [5, 5.41) is 7.76. The minimum Gasteiger partial charge on any atom is -0.314 e. The molecule has 2 heterocycles. The van der Waals surface area contributed by atoms with E-state index in [-0.39, 0.29) is 0 Å². The molecule has 0 fully saturated rings. The molecule has 0 radical (unpaired) electrons. The highest BCUT2D eigenvalue weighted by atomic mass is 15.3. The smallest absolute Gasteiger partial charge is 0.159 e. The van der Waals surface area contributed by atoms with Crippen molar-refractivity contribution in [3.63, 3.8) is 0 Å². The van der Waals surface area contributed by atoms with Crippen LogP contribution >= 0.6 is 0 Å². The lowest BCUT2D eigenvalue weighted by Crippen LogP contribution is -2.07. The average molecular weight is 135 g/mol. The molecule has 0 spiro atoms. The second-order valence-corrected chi connectivity index (χ2v) is 2.56. The third kappa shape index (κ3) is 0.667. The fourth-order valence-corrected chi connectivity index (χ4v) is 1.27. The summed E-state index contributed by atoms with van der Waals surface area (Å²) in [7, 11) is 0. The molecule has 0 aliphatic carbocycles. The van der Waals surface area contributed by atoms with Gasteiger partial charge in [0.25, 0.3) is 0 Å². The van der Waals surface area contributed by atoms with Crippen LogP contribution in [-0.2, 0) is 6.54 Å². The zero-order valence-corrected chi connectivity index (χ0v) is 5.75. The van der Waals surface area contributed by atoms with Gasteiger partial charge < -0.3 is 4.57 Å². The summed E-state index contributed by atoms with van der Waals surface area (Å²) < 4.78 is 2.05. The second kappa shape index (κ2) is 1.94. The van der Waals surface area contributed by atoms with E-state index in [0.29, 0.717) is 0 Å². The molecule has 1 aromatic heterocycles. The van der Waals surface area contributed by atoms with Gasteiger partial charge in [-0.2, -0.15) is 0 Å². The number of allylic oxidation sites excluding steroid dienone is 1. The molecule has 1 aliphatic rings. The molecule has 2 rings (SSSR count). The molecule has 0 saturated carbocycles. The first-order chi connectivity index (χ1) is 4.88. The highest BCUT2D eigenvalue weighted by Gasteiger charge is 2.12. The molecule has 3 heteroatoms. The number of rotatable bonds is 0. The van der Waals surface area contributed by atoms with Gasteiger partial charge in [0, 0.05) is 6.54 Å². The fraction of sp³-hybridized carbons (Fsp3) is 0.429. The van der Waals surface area contributed by atoms with Crippen molar-refractivity contribution in [2.24, 2.45) is 0 Å². The van der Waals surface area contributed by atoms with Crippen LogP contribution in [-0.4, -0.2) is 14.8 Å². The van der Waals surface area contributed by atoms with Gasteiger partial charge in [-0.3, -0.25) is 0 Å². The van der Waals surface area contributed by atoms with Crippen LogP contribution in [0.2, 0.25) is 0 Å². The van der Waals surface area contributed by atoms with Gasteiger partial charge >= 0.3 is 0 Å². The third-order valence-electron chi connectivity index (χ3n) is 1.81. The topological polar surface area (TPSA) is 30.7 Å². The quantitative estimate of drug-likeness (QED) is 0.533. The van der Waals surface area contributed by atoms with Crippen molar-refractivity contribution in [1.82, 2.24) is 14.8 Å². The number of nitrogens with zero attached hydrogens (tertiary/aromatic N) is 3. The van der Waals surface area contributed by atoms with Gasteiger partial charge in [0.2, 0.25) is 0 Å². The van der Waals surface area contributed by atoms with Gasteiger partial charge in [0.15, 0.2) is 5.82 Å². The van der Waals surface area contributed by atoms with Crippen molar-refractivity contribution in [1.29, 1.82) is 0 Å². The summed E-state index contributed by atoms with van der Waals surface area (Å²) in [6.45, 7) is 4.95. The zero-order valence-electron chi connectivity index (χ0n) is 5.75. The highest BCUT2D eigenvalue weighted by Crippen LogP contribution is 2.20. The minimum atomic E-state index is 0.964. The molecule has 0 N–H and O–H groups in total. The summed E-state index contributed by atoms with van der Waals surface area (Å²) >= 11 is 0. The molecule has 1 aromatic rings. The van der Waals surface area contributed by atoms with Gasteiger partial charge in [-0.25, -0.2) is 0 Å². The Labute approximate surface area is 59.4 Å². The van der Waals surface area contributed by atoms with Crippen LogP contribution in [0.5, 0.6) is 0 Å². The molecule has 52 valence electrons. The third-order valence-corrected chi connectivity index (χ3v) is 1.81. The summed E-state index contributed by atoms with van der Waals surface area (Å²) in [5.74, 6) is 0.964. The Hall–Kier alpha value is -1.12. The Bertz CT molecular complexity index is 262. The first kappa shape index (κ1) is 5.65. The van der Waals surface area contributed by atoms with E-state index in [1.54, 1.807) is 6.33 Å². The number of fused-ring (bicyclic) bond motifs is 1. The largest absolute Gasteiger partial charge is 0.314 e. The van der Waals surface area contributed by atoms with Gasteiger partial charge in [0.1, 0.15) is 6.33 Å². The normalized spacial score (nSPS) is 17.0. The summed E-state index contributed by atoms with van der Waals surface area (Å²) in [6.07, 6.45) is 4.00. The Morgan fingerprint density at radius 3 is 3.30 bits per heavy atom. The van der Waals surface area contributed by atoms with Crippen molar-refractivity contribution in [2.75, 3.05) is 0 Å². The van der Waals surface area contributed by atoms with Crippen molar-refractivity contribution in [2.45, 2.75) is 19.4 Å². The van der Waals surface area contributed by atoms with E-state index in [1.807, 2.05) is 4.57 Å². The number of aryl methyl sites for hydroxylation is 1. The van der Waals surface area contributed by atoms with Gasteiger partial charge in [-0.15, -0.1) is 10.2 Å². The maximum atomic E-state index is 3.95. The lowest BCUT2D eigenvalue weighted by molar-refractivity contribution is 0.613. The number of aromatic nitrogens is 3. The predicted molar refractivity (Wildman–Crippen MR) is 38.3 cm³/mol. The summed E-state index contributed by atoms with van der Waals surface area (Å²) in [4.78, 5) is 0. The van der Waals surface area contributed by atoms with E-state index < -0.39 is 0 Å². The van der Waals surface area contributed by atoms with Gasteiger partial charge in [-0.1, -0.05) is 6.58 Å². The number of hydrogen-bond acceptors (Lipinski definition) is 2. The summed E-state index contributed by atoms with van der Waals surface area (Å²) in [5.41, 5.74) is 1.11. The zero-order chi connectivity index (χ0) is 6.97. The van der Waals surface area contributed by atoms with Crippen LogP contribution in [0.15, 0.2) is 12.9 Å². The van der Waals surface area contributed by atoms with E-state index in [1.165, 1.54) is 6.42 Å². The standard InChI is InChI=1S/C7H9N3/c1-6-3-2-4-10-5-8-9-7(6)10/h5H,1-4H2. The van der Waals surface area contributed by atoms with E-state index >= 15 is 0 Å². The summed E-state index contributed by atoms with van der Waals surface area (Å²) in [6, 6.07) is 0. The van der Waals surface area contributed by atoms with Crippen LogP contribution in [0.1, 0.15) is 18.7 Å². The Balaban J connectivity index is 2.50. The van der Waals surface area contributed by atoms with E-state index in [2.05, 4.69) is 16.8 Å². The molecule has 0 aromatic carbocycles. The van der Waals surface area contributed by atoms with Crippen LogP contribution in [0.4, 0.5) is 0 Å². The molecule has 0 bridgehead atoms. The Kier molecular flexibility index (Phi) is 1.09. The minimum absolute atomic E-state index is 0.964. The molecule has 0 unspecified atom stereocenters. The lowest BCUT2D eigenvalue weighted by Gasteiger charge is -2.13. The van der Waals surface area contributed by atoms with Crippen molar-refractivity contribution >= 4 is 5.57 Å². The number of hydrogen-bond donors (Lipinski definition) is 0. The van der Waals surface area contributed by atoms with Crippen LogP contribution < -0.4 is 0 Å². The SMILES string of the molecule is C=C1CCCn2cnnc21. The van der Waals surface area contributed by atoms with Gasteiger partial charge in [-0.05, 0) is 18.4 Å². The van der Waals surface area contributed by atoms with Crippen LogP contribution in [0.25, 0.3) is 5.57 Å². The molecular weight excluding hydrogens is 126 g/mol. The second-order valence-electron chi connectivity index (χ2n) is 2.56. The highest BCUT2D eigenvalue weighted by molar-refractivity contribution is 5.57. The van der Waals surface area contributed by atoms with E-state index in [9.17, 15) is 0 Å². The predicted octanol–water partition coefficient (Wildman–Crippen LogP) is 1.09. The monoisotopic (exact) mass is 135 g/mol. The first-order valence-electron chi connectivity index (χ1n) is 3.44. The lowest BCUT2D eigenvalue weighted by atomic mass is 10.1. The maximum absolute atomic E-state index is 3.95. The first-order valence-corrected chi connectivity index (χ1v) is 3.44. The Morgan fingerprint density at radius 2 is 2.50 bits per heavy atom. The average Bonchev–Trinajstić information content (AvgIpc) is 2.36.